The van der Waals surface area contributed by atoms with Gasteiger partial charge in [0.2, 0.25) is 0 Å². The molecule has 168 valence electrons. The predicted molar refractivity (Wildman–Crippen MR) is 124 cm³/mol. The van der Waals surface area contributed by atoms with Crippen molar-refractivity contribution in [1.29, 1.82) is 0 Å². The van der Waals surface area contributed by atoms with Crippen LogP contribution in [0.25, 0.3) is 0 Å². The number of carbonyl (C=O) groups is 1. The van der Waals surface area contributed by atoms with Crippen molar-refractivity contribution in [2.24, 2.45) is 0 Å². The highest BCUT2D eigenvalue weighted by Gasteiger charge is 2.12. The Bertz CT molecular complexity index is 1030. The summed E-state index contributed by atoms with van der Waals surface area (Å²) in [5.74, 6) is 1.55. The topological polar surface area (TPSA) is 82.6 Å². The molecule has 32 heavy (non-hydrogen) atoms. The van der Waals surface area contributed by atoms with Crippen LogP contribution in [0.1, 0.15) is 48.4 Å². The number of hydrogen-bond acceptors (Lipinski definition) is 6. The van der Waals surface area contributed by atoms with Crippen molar-refractivity contribution in [1.82, 2.24) is 9.97 Å². The van der Waals surface area contributed by atoms with Crippen LogP contribution in [0, 0.1) is 13.8 Å². The first kappa shape index (κ1) is 23.1. The molecule has 0 fully saturated rings. The molecule has 1 N–H and O–H groups in total. The normalized spacial score (nSPS) is 10.5. The van der Waals surface area contributed by atoms with Crippen molar-refractivity contribution >= 4 is 11.6 Å². The monoisotopic (exact) mass is 435 g/mol. The summed E-state index contributed by atoms with van der Waals surface area (Å²) in [4.78, 5) is 21.3. The van der Waals surface area contributed by atoms with Crippen molar-refractivity contribution in [3.63, 3.8) is 0 Å². The van der Waals surface area contributed by atoms with E-state index in [-0.39, 0.29) is 5.91 Å². The molecule has 0 bridgehead atoms. The molecule has 3 rings (SSSR count). The maximum absolute atomic E-state index is 12.7. The van der Waals surface area contributed by atoms with E-state index in [0.29, 0.717) is 47.7 Å². The van der Waals surface area contributed by atoms with E-state index >= 15 is 0 Å². The van der Waals surface area contributed by atoms with Crippen molar-refractivity contribution in [3.05, 3.63) is 65.5 Å². The van der Waals surface area contributed by atoms with Crippen LogP contribution in [-0.4, -0.2) is 29.1 Å². The van der Waals surface area contributed by atoms with Crippen LogP contribution in [-0.2, 0) is 0 Å². The van der Waals surface area contributed by atoms with E-state index < -0.39 is 0 Å². The third-order valence-electron chi connectivity index (χ3n) is 4.54. The third kappa shape index (κ3) is 6.44. The summed E-state index contributed by atoms with van der Waals surface area (Å²) in [6.45, 7) is 8.89. The summed E-state index contributed by atoms with van der Waals surface area (Å²) in [6, 6.07) is 14.4. The van der Waals surface area contributed by atoms with E-state index in [4.69, 9.17) is 14.2 Å². The molecule has 7 heteroatoms. The molecule has 0 saturated carbocycles. The predicted octanol–water partition coefficient (Wildman–Crippen LogP) is 5.72. The largest absolute Gasteiger partial charge is 0.490 e. The quantitative estimate of drug-likeness (QED) is 0.410. The number of unbranched alkanes of at least 4 members (excludes halogenated alkanes) is 1. The van der Waals surface area contributed by atoms with E-state index in [2.05, 4.69) is 22.2 Å². The lowest BCUT2D eigenvalue weighted by Crippen LogP contribution is -2.12. The molecule has 0 atom stereocenters. The number of hydrogen-bond donors (Lipinski definition) is 1. The van der Waals surface area contributed by atoms with Crippen molar-refractivity contribution in [3.8, 4) is 23.3 Å². The number of nitrogens with one attached hydrogen (secondary N) is 1. The minimum Gasteiger partial charge on any atom is -0.490 e. The molecule has 0 spiro atoms. The lowest BCUT2D eigenvalue weighted by Gasteiger charge is -2.13. The van der Waals surface area contributed by atoms with Gasteiger partial charge >= 0.3 is 6.01 Å². The number of anilines is 1. The average Bonchev–Trinajstić information content (AvgIpc) is 2.75. The Hall–Kier alpha value is -3.61. The van der Waals surface area contributed by atoms with Crippen LogP contribution in [0.3, 0.4) is 0 Å². The van der Waals surface area contributed by atoms with Crippen LogP contribution < -0.4 is 19.5 Å². The molecule has 2 aromatic carbocycles. The van der Waals surface area contributed by atoms with E-state index in [1.54, 1.807) is 42.5 Å². The Morgan fingerprint density at radius 2 is 1.62 bits per heavy atom. The van der Waals surface area contributed by atoms with E-state index in [0.717, 1.165) is 24.2 Å². The molecule has 0 aliphatic carbocycles. The molecule has 0 radical (unpaired) electrons. The summed E-state index contributed by atoms with van der Waals surface area (Å²) in [6.07, 6.45) is 2.01. The van der Waals surface area contributed by atoms with Gasteiger partial charge in [-0.1, -0.05) is 13.3 Å². The molecule has 7 nitrogen and oxygen atoms in total. The van der Waals surface area contributed by atoms with Gasteiger partial charge in [-0.25, -0.2) is 9.97 Å². The van der Waals surface area contributed by atoms with Gasteiger partial charge in [0, 0.05) is 22.6 Å². The zero-order chi connectivity index (χ0) is 22.9. The molecule has 0 aliphatic rings. The van der Waals surface area contributed by atoms with Gasteiger partial charge in [0.15, 0.2) is 11.5 Å². The van der Waals surface area contributed by atoms with Crippen LogP contribution in [0.4, 0.5) is 5.69 Å². The van der Waals surface area contributed by atoms with Gasteiger partial charge in [0.05, 0.1) is 13.2 Å². The second-order valence-electron chi connectivity index (χ2n) is 7.31. The number of ether oxygens (including phenoxy) is 3. The van der Waals surface area contributed by atoms with E-state index in [9.17, 15) is 4.79 Å². The zero-order valence-electron chi connectivity index (χ0n) is 19.0. The van der Waals surface area contributed by atoms with E-state index in [1.807, 2.05) is 26.8 Å². The summed E-state index contributed by atoms with van der Waals surface area (Å²) < 4.78 is 17.2. The van der Waals surface area contributed by atoms with Crippen LogP contribution in [0.5, 0.6) is 23.3 Å². The molecular formula is C25H29N3O4. The van der Waals surface area contributed by atoms with Crippen LogP contribution in [0.15, 0.2) is 48.5 Å². The molecule has 0 aliphatic heterocycles. The smallest absolute Gasteiger partial charge is 0.322 e. The van der Waals surface area contributed by atoms with Gasteiger partial charge in [-0.15, -0.1) is 0 Å². The first-order chi connectivity index (χ1) is 15.5. The lowest BCUT2D eigenvalue weighted by molar-refractivity contribution is 0.102. The fourth-order valence-electron chi connectivity index (χ4n) is 3.02. The minimum absolute atomic E-state index is 0.239. The zero-order valence-corrected chi connectivity index (χ0v) is 19.0. The minimum atomic E-state index is -0.239. The molecule has 1 heterocycles. The first-order valence-electron chi connectivity index (χ1n) is 10.8. The third-order valence-corrected chi connectivity index (χ3v) is 4.54. The summed E-state index contributed by atoms with van der Waals surface area (Å²) in [5, 5.41) is 2.89. The van der Waals surface area contributed by atoms with Crippen molar-refractivity contribution in [2.75, 3.05) is 18.5 Å². The Labute approximate surface area is 188 Å². The Kier molecular flexibility index (Phi) is 8.02. The SMILES string of the molecule is CCCCOc1ccc(C(=O)Nc2ccc(Oc3nc(C)cc(C)n3)cc2)cc1OCC. The highest BCUT2D eigenvalue weighted by atomic mass is 16.5. The van der Waals surface area contributed by atoms with Crippen molar-refractivity contribution in [2.45, 2.75) is 40.5 Å². The summed E-state index contributed by atoms with van der Waals surface area (Å²) >= 11 is 0. The summed E-state index contributed by atoms with van der Waals surface area (Å²) in [7, 11) is 0. The fraction of sp³-hybridized carbons (Fsp3) is 0.320. The van der Waals surface area contributed by atoms with Gasteiger partial charge in [0.1, 0.15) is 5.75 Å². The maximum Gasteiger partial charge on any atom is 0.322 e. The number of carbonyl (C=O) groups excluding carboxylic acids is 1. The molecule has 0 unspecified atom stereocenters. The Morgan fingerprint density at radius 1 is 0.906 bits per heavy atom. The number of amides is 1. The number of nitrogens with zero attached hydrogens (tertiary/aromatic N) is 2. The van der Waals surface area contributed by atoms with Gasteiger partial charge in [-0.3, -0.25) is 4.79 Å². The highest BCUT2D eigenvalue weighted by Crippen LogP contribution is 2.29. The van der Waals surface area contributed by atoms with Crippen LogP contribution >= 0.6 is 0 Å². The molecule has 0 saturated heterocycles. The van der Waals surface area contributed by atoms with Crippen molar-refractivity contribution < 1.29 is 19.0 Å². The van der Waals surface area contributed by atoms with Gasteiger partial charge in [-0.2, -0.15) is 0 Å². The molecule has 1 aromatic heterocycles. The highest BCUT2D eigenvalue weighted by molar-refractivity contribution is 6.04. The second kappa shape index (κ2) is 11.1. The molecule has 3 aromatic rings. The Morgan fingerprint density at radius 3 is 2.28 bits per heavy atom. The maximum atomic E-state index is 12.7. The number of aryl methyl sites for hydroxylation is 2. The first-order valence-corrected chi connectivity index (χ1v) is 10.8. The van der Waals surface area contributed by atoms with Gasteiger partial charge in [0.25, 0.3) is 5.91 Å². The number of benzene rings is 2. The molecular weight excluding hydrogens is 406 g/mol. The standard InChI is InChI=1S/C25H29N3O4/c1-5-7-14-31-22-13-8-19(16-23(22)30-6-2)24(29)28-20-9-11-21(12-10-20)32-25-26-17(3)15-18(4)27-25/h8-13,15-16H,5-7,14H2,1-4H3,(H,28,29). The molecule has 1 amide bonds. The summed E-state index contributed by atoms with van der Waals surface area (Å²) in [5.41, 5.74) is 2.80. The fourth-order valence-corrected chi connectivity index (χ4v) is 3.02. The number of aromatic nitrogens is 2. The second-order valence-corrected chi connectivity index (χ2v) is 7.31. The van der Waals surface area contributed by atoms with Gasteiger partial charge < -0.3 is 19.5 Å². The lowest BCUT2D eigenvalue weighted by atomic mass is 10.1. The van der Waals surface area contributed by atoms with Gasteiger partial charge in [-0.05, 0) is 75.7 Å². The van der Waals surface area contributed by atoms with Crippen LogP contribution in [0.2, 0.25) is 0 Å². The van der Waals surface area contributed by atoms with E-state index in [1.165, 1.54) is 0 Å². The number of rotatable bonds is 10. The average molecular weight is 436 g/mol. The Balaban J connectivity index is 1.66.